The van der Waals surface area contributed by atoms with Crippen LogP contribution in [0.2, 0.25) is 0 Å². The first-order valence-corrected chi connectivity index (χ1v) is 9.20. The van der Waals surface area contributed by atoms with Crippen molar-refractivity contribution in [1.82, 2.24) is 15.1 Å². The zero-order valence-electron chi connectivity index (χ0n) is 14.9. The van der Waals surface area contributed by atoms with Crippen molar-refractivity contribution in [2.75, 3.05) is 6.54 Å². The van der Waals surface area contributed by atoms with Crippen molar-refractivity contribution in [3.05, 3.63) is 34.9 Å². The van der Waals surface area contributed by atoms with Gasteiger partial charge in [-0.2, -0.15) is 0 Å². The SMILES string of the molecule is CC1C(N)CCN1Cc1cccc2c1C(=O)N(C1CCC(=O)NC1=O)C2. The number of fused-ring (bicyclic) bond motifs is 1. The molecule has 0 radical (unpaired) electrons. The summed E-state index contributed by atoms with van der Waals surface area (Å²) in [6.07, 6.45) is 1.62. The van der Waals surface area contributed by atoms with Gasteiger partial charge in [-0.1, -0.05) is 18.2 Å². The lowest BCUT2D eigenvalue weighted by molar-refractivity contribution is -0.136. The molecule has 2 fully saturated rings. The highest BCUT2D eigenvalue weighted by Gasteiger charge is 2.40. The average Bonchev–Trinajstić information content (AvgIpc) is 3.10. The van der Waals surface area contributed by atoms with E-state index in [0.717, 1.165) is 24.1 Å². The number of nitrogens with zero attached hydrogens (tertiary/aromatic N) is 2. The molecule has 1 aromatic carbocycles. The molecule has 7 heteroatoms. The molecule has 26 heavy (non-hydrogen) atoms. The molecule has 3 aliphatic heterocycles. The quantitative estimate of drug-likeness (QED) is 0.763. The van der Waals surface area contributed by atoms with E-state index >= 15 is 0 Å². The summed E-state index contributed by atoms with van der Waals surface area (Å²) in [6.45, 7) is 4.16. The maximum Gasteiger partial charge on any atom is 0.255 e. The van der Waals surface area contributed by atoms with Gasteiger partial charge in [0.15, 0.2) is 0 Å². The summed E-state index contributed by atoms with van der Waals surface area (Å²) < 4.78 is 0. The number of carbonyl (C=O) groups excluding carboxylic acids is 3. The highest BCUT2D eigenvalue weighted by molar-refractivity contribution is 6.05. The van der Waals surface area contributed by atoms with E-state index in [1.807, 2.05) is 18.2 Å². The normalized spacial score (nSPS) is 29.2. The van der Waals surface area contributed by atoms with Gasteiger partial charge in [-0.25, -0.2) is 0 Å². The Morgan fingerprint density at radius 3 is 2.73 bits per heavy atom. The molecule has 3 heterocycles. The van der Waals surface area contributed by atoms with Gasteiger partial charge in [-0.15, -0.1) is 0 Å². The molecule has 2 saturated heterocycles. The van der Waals surface area contributed by atoms with Crippen LogP contribution in [0, 0.1) is 0 Å². The molecule has 138 valence electrons. The topological polar surface area (TPSA) is 95.7 Å². The maximum absolute atomic E-state index is 13.1. The fourth-order valence-electron chi connectivity index (χ4n) is 4.29. The minimum Gasteiger partial charge on any atom is -0.326 e. The Kier molecular flexibility index (Phi) is 4.28. The van der Waals surface area contributed by atoms with Gasteiger partial charge in [0.1, 0.15) is 6.04 Å². The third-order valence-electron chi connectivity index (χ3n) is 5.96. The standard InChI is InChI=1S/C19H24N4O3/c1-11-14(20)7-8-22(11)9-12-3-2-4-13-10-23(19(26)17(12)13)15-5-6-16(24)21-18(15)25/h2-4,11,14-15H,5-10,20H2,1H3,(H,21,24,25). The van der Waals surface area contributed by atoms with Crippen LogP contribution in [0.1, 0.15) is 47.7 Å². The second-order valence-electron chi connectivity index (χ2n) is 7.51. The van der Waals surface area contributed by atoms with Crippen LogP contribution >= 0.6 is 0 Å². The van der Waals surface area contributed by atoms with Crippen molar-refractivity contribution in [1.29, 1.82) is 0 Å². The van der Waals surface area contributed by atoms with E-state index in [4.69, 9.17) is 5.73 Å². The van der Waals surface area contributed by atoms with Gasteiger partial charge in [-0.05, 0) is 30.9 Å². The highest BCUT2D eigenvalue weighted by Crippen LogP contribution is 2.31. The number of imide groups is 1. The van der Waals surface area contributed by atoms with Gasteiger partial charge >= 0.3 is 0 Å². The molecule has 3 unspecified atom stereocenters. The zero-order valence-corrected chi connectivity index (χ0v) is 14.9. The number of nitrogens with one attached hydrogen (secondary N) is 1. The Labute approximate surface area is 152 Å². The van der Waals surface area contributed by atoms with Crippen LogP contribution in [0.25, 0.3) is 0 Å². The van der Waals surface area contributed by atoms with Crippen molar-refractivity contribution >= 4 is 17.7 Å². The molecule has 3 amide bonds. The molecule has 7 nitrogen and oxygen atoms in total. The Morgan fingerprint density at radius 1 is 1.23 bits per heavy atom. The summed E-state index contributed by atoms with van der Waals surface area (Å²) >= 11 is 0. The molecular weight excluding hydrogens is 332 g/mol. The first-order chi connectivity index (χ1) is 12.5. The minimum absolute atomic E-state index is 0.110. The monoisotopic (exact) mass is 356 g/mol. The van der Waals surface area contributed by atoms with Crippen LogP contribution in [0.5, 0.6) is 0 Å². The molecule has 0 aliphatic carbocycles. The number of carbonyl (C=O) groups is 3. The molecule has 4 rings (SSSR count). The summed E-state index contributed by atoms with van der Waals surface area (Å²) in [5, 5.41) is 2.34. The van der Waals surface area contributed by atoms with E-state index in [2.05, 4.69) is 17.1 Å². The molecule has 1 aromatic rings. The third-order valence-corrected chi connectivity index (χ3v) is 5.96. The summed E-state index contributed by atoms with van der Waals surface area (Å²) in [7, 11) is 0. The van der Waals surface area contributed by atoms with Crippen LogP contribution in [0.4, 0.5) is 0 Å². The summed E-state index contributed by atoms with van der Waals surface area (Å²) in [5.74, 6) is -0.750. The maximum atomic E-state index is 13.1. The molecule has 3 aliphatic rings. The molecule has 0 spiro atoms. The first kappa shape index (κ1) is 17.2. The van der Waals surface area contributed by atoms with Crippen LogP contribution in [0.3, 0.4) is 0 Å². The third kappa shape index (κ3) is 2.81. The van der Waals surface area contributed by atoms with E-state index < -0.39 is 6.04 Å². The van der Waals surface area contributed by atoms with E-state index in [-0.39, 0.29) is 36.2 Å². The Morgan fingerprint density at radius 2 is 2.04 bits per heavy atom. The fourth-order valence-corrected chi connectivity index (χ4v) is 4.29. The van der Waals surface area contributed by atoms with E-state index in [0.29, 0.717) is 25.1 Å². The van der Waals surface area contributed by atoms with Crippen molar-refractivity contribution < 1.29 is 14.4 Å². The number of benzene rings is 1. The second-order valence-corrected chi connectivity index (χ2v) is 7.51. The summed E-state index contributed by atoms with van der Waals surface area (Å²) in [6, 6.07) is 5.79. The predicted octanol–water partition coefficient (Wildman–Crippen LogP) is 0.369. The average molecular weight is 356 g/mol. The van der Waals surface area contributed by atoms with E-state index in [1.54, 1.807) is 4.90 Å². The van der Waals surface area contributed by atoms with Crippen molar-refractivity contribution in [2.24, 2.45) is 5.73 Å². The number of likely N-dealkylation sites (tertiary alicyclic amines) is 1. The lowest BCUT2D eigenvalue weighted by Gasteiger charge is -2.29. The molecule has 3 atom stereocenters. The van der Waals surface area contributed by atoms with Crippen LogP contribution in [-0.4, -0.2) is 52.2 Å². The number of piperidine rings is 1. The van der Waals surface area contributed by atoms with Crippen LogP contribution in [0.15, 0.2) is 18.2 Å². The second kappa shape index (κ2) is 6.48. The van der Waals surface area contributed by atoms with Crippen molar-refractivity contribution in [3.63, 3.8) is 0 Å². The minimum atomic E-state index is -0.570. The molecular formula is C19H24N4O3. The van der Waals surface area contributed by atoms with Crippen LogP contribution < -0.4 is 11.1 Å². The van der Waals surface area contributed by atoms with Gasteiger partial charge in [0.2, 0.25) is 11.8 Å². The Hall–Kier alpha value is -2.25. The lowest BCUT2D eigenvalue weighted by atomic mass is 10.0. The first-order valence-electron chi connectivity index (χ1n) is 9.20. The van der Waals surface area contributed by atoms with Crippen molar-refractivity contribution in [3.8, 4) is 0 Å². The lowest BCUT2D eigenvalue weighted by Crippen LogP contribution is -2.52. The number of amides is 3. The summed E-state index contributed by atoms with van der Waals surface area (Å²) in [4.78, 5) is 40.6. The van der Waals surface area contributed by atoms with Gasteiger partial charge < -0.3 is 10.6 Å². The van der Waals surface area contributed by atoms with Crippen LogP contribution in [-0.2, 0) is 22.7 Å². The summed E-state index contributed by atoms with van der Waals surface area (Å²) in [5.41, 5.74) is 8.77. The fraction of sp³-hybridized carbons (Fsp3) is 0.526. The molecule has 0 aromatic heterocycles. The number of nitrogens with two attached hydrogens (primary N) is 1. The Balaban J connectivity index is 1.57. The molecule has 0 saturated carbocycles. The number of rotatable bonds is 3. The smallest absolute Gasteiger partial charge is 0.255 e. The molecule has 3 N–H and O–H groups in total. The largest absolute Gasteiger partial charge is 0.326 e. The number of hydrogen-bond acceptors (Lipinski definition) is 5. The van der Waals surface area contributed by atoms with E-state index in [1.165, 1.54) is 0 Å². The van der Waals surface area contributed by atoms with Gasteiger partial charge in [0.05, 0.1) is 0 Å². The zero-order chi connectivity index (χ0) is 18.4. The van der Waals surface area contributed by atoms with Crippen molar-refractivity contribution in [2.45, 2.75) is 57.4 Å². The Bertz CT molecular complexity index is 778. The van der Waals surface area contributed by atoms with E-state index in [9.17, 15) is 14.4 Å². The predicted molar refractivity (Wildman–Crippen MR) is 95.0 cm³/mol. The van der Waals surface area contributed by atoms with Gasteiger partial charge in [0.25, 0.3) is 5.91 Å². The molecule has 0 bridgehead atoms. The van der Waals surface area contributed by atoms with Gasteiger partial charge in [-0.3, -0.25) is 24.6 Å². The number of hydrogen-bond donors (Lipinski definition) is 2. The highest BCUT2D eigenvalue weighted by atomic mass is 16.2. The van der Waals surface area contributed by atoms with Gasteiger partial charge in [0, 0.05) is 43.7 Å².